The van der Waals surface area contributed by atoms with E-state index in [1.807, 2.05) is 11.3 Å². The van der Waals surface area contributed by atoms with Crippen molar-refractivity contribution in [3.63, 3.8) is 0 Å². The smallest absolute Gasteiger partial charge is 0.138 e. The molecule has 1 aliphatic rings. The van der Waals surface area contributed by atoms with Crippen molar-refractivity contribution in [1.82, 2.24) is 9.97 Å². The van der Waals surface area contributed by atoms with Crippen LogP contribution in [0.25, 0.3) is 10.2 Å². The van der Waals surface area contributed by atoms with Gasteiger partial charge in [-0.3, -0.25) is 0 Å². The molecular formula is C15H21N3OS2. The number of rotatable bonds is 6. The third-order valence-electron chi connectivity index (χ3n) is 3.94. The molecule has 21 heavy (non-hydrogen) atoms. The first-order valence-corrected chi connectivity index (χ1v) is 9.66. The molecule has 1 atom stereocenters. The second-order valence-corrected chi connectivity index (χ2v) is 7.42. The number of aliphatic hydroxyl groups excluding tert-OH is 1. The van der Waals surface area contributed by atoms with E-state index in [4.69, 9.17) is 0 Å². The zero-order valence-corrected chi connectivity index (χ0v) is 13.9. The van der Waals surface area contributed by atoms with Crippen LogP contribution < -0.4 is 5.32 Å². The van der Waals surface area contributed by atoms with Gasteiger partial charge in [-0.2, -0.15) is 11.8 Å². The minimum atomic E-state index is 0.203. The Morgan fingerprint density at radius 2 is 2.24 bits per heavy atom. The second-order valence-electron chi connectivity index (χ2n) is 5.42. The van der Waals surface area contributed by atoms with Gasteiger partial charge in [0.1, 0.15) is 17.0 Å². The molecule has 0 amide bonds. The lowest BCUT2D eigenvalue weighted by Gasteiger charge is -2.18. The lowest BCUT2D eigenvalue weighted by atomic mass is 9.97. The van der Waals surface area contributed by atoms with Crippen molar-refractivity contribution in [3.05, 3.63) is 16.8 Å². The third-order valence-corrected chi connectivity index (χ3v) is 5.87. The molecule has 0 fully saturated rings. The first-order valence-electron chi connectivity index (χ1n) is 7.45. The predicted molar refractivity (Wildman–Crippen MR) is 91.6 cm³/mol. The maximum atomic E-state index is 9.23. The Kier molecular flexibility index (Phi) is 4.98. The van der Waals surface area contributed by atoms with E-state index >= 15 is 0 Å². The van der Waals surface area contributed by atoms with Gasteiger partial charge in [-0.05, 0) is 43.9 Å². The van der Waals surface area contributed by atoms with Gasteiger partial charge in [-0.1, -0.05) is 0 Å². The Hall–Kier alpha value is -0.850. The van der Waals surface area contributed by atoms with Crippen molar-refractivity contribution < 1.29 is 5.11 Å². The number of nitrogens with zero attached hydrogens (tertiary/aromatic N) is 2. The second kappa shape index (κ2) is 6.94. The van der Waals surface area contributed by atoms with E-state index in [2.05, 4.69) is 21.5 Å². The Bertz CT molecular complexity index is 608. The standard InChI is InChI=1S/C15H21N3OS2/c1-20-8-10(6-7-19)18-14-13-11-4-2-3-5-12(11)21-15(13)17-9-16-14/h9-10,19H,2-8H2,1H3,(H,16,17,18). The highest BCUT2D eigenvalue weighted by atomic mass is 32.2. The van der Waals surface area contributed by atoms with Crippen LogP contribution in [-0.2, 0) is 12.8 Å². The Morgan fingerprint density at radius 1 is 1.38 bits per heavy atom. The van der Waals surface area contributed by atoms with Gasteiger partial charge >= 0.3 is 0 Å². The number of fused-ring (bicyclic) bond motifs is 3. The lowest BCUT2D eigenvalue weighted by molar-refractivity contribution is 0.282. The zero-order chi connectivity index (χ0) is 14.7. The third kappa shape index (κ3) is 3.17. The van der Waals surface area contributed by atoms with Crippen LogP contribution in [0, 0.1) is 0 Å². The Morgan fingerprint density at radius 3 is 3.05 bits per heavy atom. The molecule has 0 aliphatic heterocycles. The van der Waals surface area contributed by atoms with Crippen LogP contribution >= 0.6 is 23.1 Å². The summed E-state index contributed by atoms with van der Waals surface area (Å²) < 4.78 is 0. The van der Waals surface area contributed by atoms with Gasteiger partial charge in [0.15, 0.2) is 0 Å². The molecule has 0 radical (unpaired) electrons. The maximum Gasteiger partial charge on any atom is 0.138 e. The molecule has 3 rings (SSSR count). The van der Waals surface area contributed by atoms with Crippen molar-refractivity contribution in [2.24, 2.45) is 0 Å². The quantitative estimate of drug-likeness (QED) is 0.855. The molecule has 114 valence electrons. The number of hydrogen-bond donors (Lipinski definition) is 2. The Labute approximate surface area is 133 Å². The minimum absolute atomic E-state index is 0.203. The summed E-state index contributed by atoms with van der Waals surface area (Å²) in [6.45, 7) is 0.203. The SMILES string of the molecule is CSCC(CCO)Nc1ncnc2sc3c(c12)CCCC3. The lowest BCUT2D eigenvalue weighted by Crippen LogP contribution is -2.24. The van der Waals surface area contributed by atoms with E-state index in [0.29, 0.717) is 0 Å². The number of nitrogens with one attached hydrogen (secondary N) is 1. The summed E-state index contributed by atoms with van der Waals surface area (Å²) in [6, 6.07) is 0.252. The monoisotopic (exact) mass is 323 g/mol. The van der Waals surface area contributed by atoms with Crippen molar-refractivity contribution in [2.75, 3.05) is 23.9 Å². The van der Waals surface area contributed by atoms with Crippen LogP contribution in [0.15, 0.2) is 6.33 Å². The van der Waals surface area contributed by atoms with E-state index < -0.39 is 0 Å². The fraction of sp³-hybridized carbons (Fsp3) is 0.600. The number of aromatic nitrogens is 2. The average Bonchev–Trinajstić information content (AvgIpc) is 2.87. The molecule has 2 N–H and O–H groups in total. The Balaban J connectivity index is 1.95. The summed E-state index contributed by atoms with van der Waals surface area (Å²) in [6.07, 6.45) is 9.37. The van der Waals surface area contributed by atoms with E-state index in [9.17, 15) is 5.11 Å². The summed E-state index contributed by atoms with van der Waals surface area (Å²) in [4.78, 5) is 11.5. The van der Waals surface area contributed by atoms with Gasteiger partial charge in [0.25, 0.3) is 0 Å². The van der Waals surface area contributed by atoms with Crippen LogP contribution in [0.4, 0.5) is 5.82 Å². The molecule has 0 spiro atoms. The molecule has 2 aromatic rings. The number of aryl methyl sites for hydroxylation is 2. The molecule has 0 saturated carbocycles. The summed E-state index contributed by atoms with van der Waals surface area (Å²) >= 11 is 3.61. The first-order chi connectivity index (χ1) is 10.3. The highest BCUT2D eigenvalue weighted by Gasteiger charge is 2.20. The molecule has 0 aromatic carbocycles. The molecule has 1 unspecified atom stereocenters. The number of hydrogen-bond acceptors (Lipinski definition) is 6. The molecule has 1 aliphatic carbocycles. The normalized spacial score (nSPS) is 15.9. The van der Waals surface area contributed by atoms with Crippen LogP contribution in [0.3, 0.4) is 0 Å². The van der Waals surface area contributed by atoms with Crippen LogP contribution in [0.2, 0.25) is 0 Å². The fourth-order valence-corrected chi connectivity index (χ4v) is 4.83. The summed E-state index contributed by atoms with van der Waals surface area (Å²) in [5.74, 6) is 1.92. The molecule has 2 heterocycles. The summed E-state index contributed by atoms with van der Waals surface area (Å²) in [7, 11) is 0. The van der Waals surface area contributed by atoms with E-state index in [-0.39, 0.29) is 12.6 Å². The van der Waals surface area contributed by atoms with Crippen LogP contribution in [0.5, 0.6) is 0 Å². The zero-order valence-electron chi connectivity index (χ0n) is 12.3. The van der Waals surface area contributed by atoms with Crippen LogP contribution in [0.1, 0.15) is 29.7 Å². The van der Waals surface area contributed by atoms with Crippen LogP contribution in [-0.4, -0.2) is 39.7 Å². The van der Waals surface area contributed by atoms with E-state index in [1.54, 1.807) is 18.1 Å². The number of aliphatic hydroxyl groups is 1. The predicted octanol–water partition coefficient (Wildman–Crippen LogP) is 3.10. The van der Waals surface area contributed by atoms with Crippen molar-refractivity contribution in [2.45, 2.75) is 38.1 Å². The summed E-state index contributed by atoms with van der Waals surface area (Å²) in [5, 5.41) is 14.0. The minimum Gasteiger partial charge on any atom is -0.396 e. The van der Waals surface area contributed by atoms with E-state index in [1.165, 1.54) is 35.1 Å². The molecule has 6 heteroatoms. The van der Waals surface area contributed by atoms with Gasteiger partial charge < -0.3 is 10.4 Å². The largest absolute Gasteiger partial charge is 0.396 e. The van der Waals surface area contributed by atoms with Gasteiger partial charge in [-0.15, -0.1) is 11.3 Å². The highest BCUT2D eigenvalue weighted by Crippen LogP contribution is 2.38. The van der Waals surface area contributed by atoms with Gasteiger partial charge in [0.2, 0.25) is 0 Å². The number of thioether (sulfide) groups is 1. The van der Waals surface area contributed by atoms with E-state index in [0.717, 1.165) is 29.2 Å². The van der Waals surface area contributed by atoms with Crippen molar-refractivity contribution in [3.8, 4) is 0 Å². The summed E-state index contributed by atoms with van der Waals surface area (Å²) in [5.41, 5.74) is 1.45. The van der Waals surface area contributed by atoms with Gasteiger partial charge in [0.05, 0.1) is 5.39 Å². The number of anilines is 1. The van der Waals surface area contributed by atoms with Gasteiger partial charge in [0, 0.05) is 23.3 Å². The van der Waals surface area contributed by atoms with Crippen molar-refractivity contribution in [1.29, 1.82) is 0 Å². The van der Waals surface area contributed by atoms with Gasteiger partial charge in [-0.25, -0.2) is 9.97 Å². The molecule has 0 bridgehead atoms. The first kappa shape index (κ1) is 15.1. The topological polar surface area (TPSA) is 58.0 Å². The number of thiophene rings is 1. The molecule has 4 nitrogen and oxygen atoms in total. The highest BCUT2D eigenvalue weighted by molar-refractivity contribution is 7.98. The molecule has 0 saturated heterocycles. The van der Waals surface area contributed by atoms with Crippen molar-refractivity contribution >= 4 is 39.1 Å². The fourth-order valence-electron chi connectivity index (χ4n) is 2.95. The molecular weight excluding hydrogens is 302 g/mol. The molecule has 2 aromatic heterocycles. The maximum absolute atomic E-state index is 9.23. The average molecular weight is 323 g/mol.